The standard InChI is InChI=1S/C20H17NO2/c1-13(22)16-11-10-15-12-21(18-9-5-8-17(16)19(15)18)20(23)14-6-3-2-4-7-14/h2-9,11,15H,10,12H2,1H3. The zero-order valence-corrected chi connectivity index (χ0v) is 13.0. The largest absolute Gasteiger partial charge is 0.307 e. The number of ketones is 1. The normalized spacial score (nSPS) is 18.4. The Morgan fingerprint density at radius 3 is 2.57 bits per heavy atom. The van der Waals surface area contributed by atoms with E-state index >= 15 is 0 Å². The summed E-state index contributed by atoms with van der Waals surface area (Å²) in [5.41, 5.74) is 4.59. The monoisotopic (exact) mass is 303 g/mol. The summed E-state index contributed by atoms with van der Waals surface area (Å²) in [4.78, 5) is 26.6. The van der Waals surface area contributed by atoms with Gasteiger partial charge in [-0.2, -0.15) is 0 Å². The maximum absolute atomic E-state index is 12.9. The SMILES string of the molecule is CC(=O)C1=CCC2CN(C(=O)c3ccccc3)c3cccc1c32. The summed E-state index contributed by atoms with van der Waals surface area (Å²) in [6, 6.07) is 15.3. The molecule has 0 bridgehead atoms. The first kappa shape index (κ1) is 13.9. The molecule has 23 heavy (non-hydrogen) atoms. The Balaban J connectivity index is 1.79. The van der Waals surface area contributed by atoms with Crippen LogP contribution in [0.1, 0.15) is 40.7 Å². The topological polar surface area (TPSA) is 37.4 Å². The molecular weight excluding hydrogens is 286 g/mol. The van der Waals surface area contributed by atoms with Crippen LogP contribution in [0.3, 0.4) is 0 Å². The number of Topliss-reactive ketones (excluding diaryl/α,β-unsaturated/α-hetero) is 1. The zero-order chi connectivity index (χ0) is 16.0. The number of anilines is 1. The first-order valence-corrected chi connectivity index (χ1v) is 7.88. The molecule has 1 aliphatic heterocycles. The molecule has 0 fully saturated rings. The number of carbonyl (C=O) groups excluding carboxylic acids is 2. The summed E-state index contributed by atoms with van der Waals surface area (Å²) in [7, 11) is 0. The van der Waals surface area contributed by atoms with Crippen LogP contribution in [0.25, 0.3) is 5.57 Å². The van der Waals surface area contributed by atoms with Crippen LogP contribution in [0.5, 0.6) is 0 Å². The third kappa shape index (κ3) is 2.12. The lowest BCUT2D eigenvalue weighted by Crippen LogP contribution is -2.29. The minimum Gasteiger partial charge on any atom is -0.307 e. The first-order valence-electron chi connectivity index (χ1n) is 7.88. The molecule has 0 aromatic heterocycles. The van der Waals surface area contributed by atoms with Crippen LogP contribution in [0.4, 0.5) is 5.69 Å². The van der Waals surface area contributed by atoms with Gasteiger partial charge in [0, 0.05) is 29.3 Å². The number of carbonyl (C=O) groups is 2. The molecule has 0 saturated heterocycles. The molecule has 3 heteroatoms. The van der Waals surface area contributed by atoms with Crippen molar-refractivity contribution in [1.82, 2.24) is 0 Å². The smallest absolute Gasteiger partial charge is 0.258 e. The first-order chi connectivity index (χ1) is 11.2. The molecule has 1 heterocycles. The molecule has 2 aromatic carbocycles. The Kier molecular flexibility index (Phi) is 3.15. The maximum Gasteiger partial charge on any atom is 0.258 e. The third-order valence-electron chi connectivity index (χ3n) is 4.73. The molecule has 1 unspecified atom stereocenters. The van der Waals surface area contributed by atoms with E-state index in [-0.39, 0.29) is 17.6 Å². The molecule has 4 rings (SSSR count). The molecule has 0 N–H and O–H groups in total. The predicted molar refractivity (Wildman–Crippen MR) is 90.6 cm³/mol. The molecule has 0 spiro atoms. The van der Waals surface area contributed by atoms with Crippen molar-refractivity contribution in [2.24, 2.45) is 0 Å². The number of rotatable bonds is 2. The fourth-order valence-corrected chi connectivity index (χ4v) is 3.69. The Hall–Kier alpha value is -2.68. The van der Waals surface area contributed by atoms with Gasteiger partial charge in [-0.25, -0.2) is 0 Å². The highest BCUT2D eigenvalue weighted by Gasteiger charge is 2.37. The van der Waals surface area contributed by atoms with Crippen LogP contribution >= 0.6 is 0 Å². The van der Waals surface area contributed by atoms with E-state index in [1.807, 2.05) is 59.5 Å². The Bertz CT molecular complexity index is 836. The van der Waals surface area contributed by atoms with Crippen LogP contribution < -0.4 is 4.90 Å². The van der Waals surface area contributed by atoms with E-state index in [9.17, 15) is 9.59 Å². The van der Waals surface area contributed by atoms with Crippen LogP contribution in [0.2, 0.25) is 0 Å². The van der Waals surface area contributed by atoms with Crippen LogP contribution in [0.15, 0.2) is 54.6 Å². The minimum atomic E-state index is 0.0257. The second kappa shape index (κ2) is 5.20. The molecule has 3 nitrogen and oxygen atoms in total. The lowest BCUT2D eigenvalue weighted by atomic mass is 9.83. The number of benzene rings is 2. The van der Waals surface area contributed by atoms with Gasteiger partial charge in [0.15, 0.2) is 5.78 Å². The van der Waals surface area contributed by atoms with Crippen LogP contribution in [0, 0.1) is 0 Å². The Morgan fingerprint density at radius 1 is 1.04 bits per heavy atom. The second-order valence-corrected chi connectivity index (χ2v) is 6.13. The van der Waals surface area contributed by atoms with Crippen molar-refractivity contribution >= 4 is 23.0 Å². The molecule has 2 aliphatic rings. The molecular formula is C20H17NO2. The van der Waals surface area contributed by atoms with Crippen molar-refractivity contribution < 1.29 is 9.59 Å². The highest BCUT2D eigenvalue weighted by atomic mass is 16.2. The minimum absolute atomic E-state index is 0.0257. The van der Waals surface area contributed by atoms with E-state index in [2.05, 4.69) is 0 Å². The summed E-state index contributed by atoms with van der Waals surface area (Å²) in [6.07, 6.45) is 2.84. The molecule has 0 saturated carbocycles. The van der Waals surface area contributed by atoms with Crippen molar-refractivity contribution in [2.75, 3.05) is 11.4 Å². The average molecular weight is 303 g/mol. The van der Waals surface area contributed by atoms with Gasteiger partial charge in [0.05, 0.1) is 0 Å². The summed E-state index contributed by atoms with van der Waals surface area (Å²) >= 11 is 0. The number of hydrogen-bond acceptors (Lipinski definition) is 2. The van der Waals surface area contributed by atoms with E-state index in [0.29, 0.717) is 12.1 Å². The summed E-state index contributed by atoms with van der Waals surface area (Å²) in [6.45, 7) is 2.29. The van der Waals surface area contributed by atoms with Gasteiger partial charge in [0.25, 0.3) is 5.91 Å². The van der Waals surface area contributed by atoms with Gasteiger partial charge >= 0.3 is 0 Å². The molecule has 1 atom stereocenters. The molecule has 2 aromatic rings. The summed E-state index contributed by atoms with van der Waals surface area (Å²) < 4.78 is 0. The van der Waals surface area contributed by atoms with Crippen LogP contribution in [-0.2, 0) is 4.79 Å². The van der Waals surface area contributed by atoms with Crippen molar-refractivity contribution in [3.05, 3.63) is 71.3 Å². The maximum atomic E-state index is 12.9. The van der Waals surface area contributed by atoms with Gasteiger partial charge < -0.3 is 4.90 Å². The second-order valence-electron chi connectivity index (χ2n) is 6.13. The lowest BCUT2D eigenvalue weighted by molar-refractivity contribution is -0.111. The van der Waals surface area contributed by atoms with Crippen molar-refractivity contribution in [2.45, 2.75) is 19.3 Å². The number of nitrogens with zero attached hydrogens (tertiary/aromatic N) is 1. The number of allylic oxidation sites excluding steroid dienone is 2. The van der Waals surface area contributed by atoms with Gasteiger partial charge in [-0.3, -0.25) is 9.59 Å². The number of amides is 1. The highest BCUT2D eigenvalue weighted by molar-refractivity contribution is 6.21. The molecule has 0 radical (unpaired) electrons. The number of hydrogen-bond donors (Lipinski definition) is 0. The fourth-order valence-electron chi connectivity index (χ4n) is 3.69. The van der Waals surface area contributed by atoms with Gasteiger partial charge in [0.1, 0.15) is 0 Å². The molecule has 1 aliphatic carbocycles. The van der Waals surface area contributed by atoms with E-state index in [0.717, 1.165) is 28.8 Å². The van der Waals surface area contributed by atoms with Crippen molar-refractivity contribution in [1.29, 1.82) is 0 Å². The van der Waals surface area contributed by atoms with Gasteiger partial charge in [-0.15, -0.1) is 0 Å². The molecule has 114 valence electrons. The zero-order valence-electron chi connectivity index (χ0n) is 13.0. The predicted octanol–water partition coefficient (Wildman–Crippen LogP) is 3.81. The summed E-state index contributed by atoms with van der Waals surface area (Å²) in [5.74, 6) is 0.402. The van der Waals surface area contributed by atoms with Gasteiger partial charge in [-0.1, -0.05) is 36.4 Å². The van der Waals surface area contributed by atoms with Gasteiger partial charge in [0.2, 0.25) is 0 Å². The molecule has 1 amide bonds. The van der Waals surface area contributed by atoms with E-state index in [1.54, 1.807) is 6.92 Å². The fraction of sp³-hybridized carbons (Fsp3) is 0.200. The quantitative estimate of drug-likeness (QED) is 0.846. The van der Waals surface area contributed by atoms with Crippen molar-refractivity contribution in [3.63, 3.8) is 0 Å². The Morgan fingerprint density at radius 2 is 1.83 bits per heavy atom. The highest BCUT2D eigenvalue weighted by Crippen LogP contribution is 2.46. The van der Waals surface area contributed by atoms with E-state index in [4.69, 9.17) is 0 Å². The van der Waals surface area contributed by atoms with Gasteiger partial charge in [-0.05, 0) is 42.7 Å². The average Bonchev–Trinajstić information content (AvgIpc) is 2.96. The third-order valence-corrected chi connectivity index (χ3v) is 4.73. The lowest BCUT2D eigenvalue weighted by Gasteiger charge is -2.19. The summed E-state index contributed by atoms with van der Waals surface area (Å²) in [5, 5.41) is 0. The van der Waals surface area contributed by atoms with Crippen LogP contribution in [-0.4, -0.2) is 18.2 Å². The Labute approximate surface area is 135 Å². The van der Waals surface area contributed by atoms with E-state index < -0.39 is 0 Å². The van der Waals surface area contributed by atoms with Crippen molar-refractivity contribution in [3.8, 4) is 0 Å². The van der Waals surface area contributed by atoms with E-state index in [1.165, 1.54) is 0 Å².